The fourth-order valence-corrected chi connectivity index (χ4v) is 8.32. The van der Waals surface area contributed by atoms with Gasteiger partial charge in [0, 0.05) is 19.3 Å². The molecule has 0 aromatic carbocycles. The summed E-state index contributed by atoms with van der Waals surface area (Å²) in [5, 5.41) is 0. The highest BCUT2D eigenvalue weighted by atomic mass is 16.6. The van der Waals surface area contributed by atoms with Gasteiger partial charge in [0.05, 0.1) is 0 Å². The third kappa shape index (κ3) is 65.3. The summed E-state index contributed by atoms with van der Waals surface area (Å²) in [4.78, 5) is 38.3. The third-order valence-corrected chi connectivity index (χ3v) is 13.2. The predicted octanol–water partition coefficient (Wildman–Crippen LogP) is 22.8. The van der Waals surface area contributed by atoms with E-state index in [1.165, 1.54) is 57.8 Å². The maximum Gasteiger partial charge on any atom is 0.306 e. The number of carbonyl (C=O) groups excluding carboxylic acids is 3. The number of allylic oxidation sites excluding steroid dienone is 30. The van der Waals surface area contributed by atoms with Gasteiger partial charge in [0.2, 0.25) is 0 Å². The fraction of sp³-hybridized carbons (Fsp3) is 0.566. The SMILES string of the molecule is CC/C=C\C/C=C\C/C=C\C/C=C\C/C=C\C/C=C\C/C=C\C/C=C\C/C=C\CCCCCC(=O)OCC(COC(=O)CCCCCCCCCCCCCC)OC(=O)CCCC/C=C\C/C=C\C/C=C\C/C=C\C/C=C\C/C=C\CC. The molecule has 0 radical (unpaired) electrons. The summed E-state index contributed by atoms with van der Waals surface area (Å²) in [6.45, 7) is 6.34. The molecule has 0 rings (SSSR count). The number of ether oxygens (including phenoxy) is 3. The molecule has 0 aliphatic heterocycles. The van der Waals surface area contributed by atoms with E-state index in [1.54, 1.807) is 0 Å². The zero-order valence-corrected chi connectivity index (χ0v) is 52.4. The van der Waals surface area contributed by atoms with E-state index in [9.17, 15) is 14.4 Å². The number of hydrogen-bond acceptors (Lipinski definition) is 6. The highest BCUT2D eigenvalue weighted by Gasteiger charge is 2.19. The van der Waals surface area contributed by atoms with E-state index in [-0.39, 0.29) is 37.5 Å². The van der Waals surface area contributed by atoms with Crippen molar-refractivity contribution in [3.05, 3.63) is 182 Å². The van der Waals surface area contributed by atoms with Crippen molar-refractivity contribution in [3.8, 4) is 0 Å². The molecule has 0 aromatic heterocycles. The molecule has 0 aromatic rings. The molecule has 0 bridgehead atoms. The Morgan fingerprint density at radius 1 is 0.256 bits per heavy atom. The van der Waals surface area contributed by atoms with Crippen LogP contribution in [0.4, 0.5) is 0 Å². The summed E-state index contributed by atoms with van der Waals surface area (Å²) in [5.41, 5.74) is 0. The van der Waals surface area contributed by atoms with E-state index in [1.807, 2.05) is 0 Å². The second kappa shape index (κ2) is 68.0. The Labute approximate surface area is 504 Å². The number of unbranched alkanes of at least 4 members (excludes halogenated alkanes) is 16. The molecule has 1 atom stereocenters. The van der Waals surface area contributed by atoms with Gasteiger partial charge in [-0.15, -0.1) is 0 Å². The van der Waals surface area contributed by atoms with Gasteiger partial charge in [-0.3, -0.25) is 14.4 Å². The highest BCUT2D eigenvalue weighted by Crippen LogP contribution is 2.14. The van der Waals surface area contributed by atoms with Crippen molar-refractivity contribution < 1.29 is 28.6 Å². The normalized spacial score (nSPS) is 13.4. The molecular formula is C76H118O6. The maximum absolute atomic E-state index is 12.9. The monoisotopic (exact) mass is 1130 g/mol. The van der Waals surface area contributed by atoms with Crippen molar-refractivity contribution in [1.82, 2.24) is 0 Å². The minimum absolute atomic E-state index is 0.113. The zero-order valence-electron chi connectivity index (χ0n) is 52.4. The Morgan fingerprint density at radius 2 is 0.476 bits per heavy atom. The number of esters is 3. The highest BCUT2D eigenvalue weighted by molar-refractivity contribution is 5.71. The van der Waals surface area contributed by atoms with E-state index in [0.29, 0.717) is 19.3 Å². The summed E-state index contributed by atoms with van der Waals surface area (Å²) in [6, 6.07) is 0. The van der Waals surface area contributed by atoms with Crippen molar-refractivity contribution in [1.29, 1.82) is 0 Å². The Morgan fingerprint density at radius 3 is 0.768 bits per heavy atom. The standard InChI is InChI=1S/C76H118O6/c1-4-7-10-13-16-19-22-25-27-29-31-33-34-35-36-37-38-39-40-41-42-44-45-47-49-51-54-57-60-63-66-69-75(78)81-72-73(71-80-74(77)68-65-62-59-56-53-24-21-18-15-12-9-6-3)82-76(79)70-67-64-61-58-55-52-50-48-46-43-32-30-28-26-23-20-17-14-11-8-5-2/h7-8,10-11,16-17,19-20,25-28,31-33,35-36,38-39,41-43,45,47-48,50-51,54-55,58,73H,4-6,9,12-15,18,21-24,29-30,34,37,40,44,46,49,52-53,56-57,59-72H2,1-3H3/b10-7-,11-8-,19-16-,20-17-,27-25-,28-26-,33-31-,36-35-,39-38-,42-41-,43-32-,47-45-,50-48-,54-51-,58-55-. The lowest BCUT2D eigenvalue weighted by Crippen LogP contribution is -2.30. The molecule has 6 heteroatoms. The lowest BCUT2D eigenvalue weighted by molar-refractivity contribution is -0.167. The molecule has 0 aliphatic rings. The van der Waals surface area contributed by atoms with Gasteiger partial charge in [-0.25, -0.2) is 0 Å². The Bertz CT molecular complexity index is 1920. The van der Waals surface area contributed by atoms with Gasteiger partial charge >= 0.3 is 17.9 Å². The van der Waals surface area contributed by atoms with E-state index < -0.39 is 6.10 Å². The van der Waals surface area contributed by atoms with Crippen molar-refractivity contribution in [3.63, 3.8) is 0 Å². The van der Waals surface area contributed by atoms with Crippen LogP contribution in [0.1, 0.15) is 258 Å². The van der Waals surface area contributed by atoms with E-state index >= 15 is 0 Å². The van der Waals surface area contributed by atoms with Crippen LogP contribution < -0.4 is 0 Å². The molecule has 82 heavy (non-hydrogen) atoms. The van der Waals surface area contributed by atoms with Crippen LogP contribution in [0.25, 0.3) is 0 Å². The van der Waals surface area contributed by atoms with Crippen molar-refractivity contribution in [2.24, 2.45) is 0 Å². The molecule has 1 unspecified atom stereocenters. The van der Waals surface area contributed by atoms with Crippen molar-refractivity contribution in [2.75, 3.05) is 13.2 Å². The van der Waals surface area contributed by atoms with E-state index in [2.05, 4.69) is 203 Å². The lowest BCUT2D eigenvalue weighted by Gasteiger charge is -2.18. The topological polar surface area (TPSA) is 78.9 Å². The van der Waals surface area contributed by atoms with Gasteiger partial charge in [0.15, 0.2) is 6.10 Å². The Balaban J connectivity index is 4.47. The van der Waals surface area contributed by atoms with Gasteiger partial charge in [0.25, 0.3) is 0 Å². The molecule has 6 nitrogen and oxygen atoms in total. The third-order valence-electron chi connectivity index (χ3n) is 13.2. The summed E-state index contributed by atoms with van der Waals surface area (Å²) in [7, 11) is 0. The summed E-state index contributed by atoms with van der Waals surface area (Å²) in [6.07, 6.45) is 102. The van der Waals surface area contributed by atoms with Gasteiger partial charge in [-0.05, 0) is 141 Å². The molecule has 458 valence electrons. The molecule has 0 aliphatic carbocycles. The largest absolute Gasteiger partial charge is 0.462 e. The first-order valence-electron chi connectivity index (χ1n) is 32.8. The van der Waals surface area contributed by atoms with Crippen LogP contribution in [0.3, 0.4) is 0 Å². The first kappa shape index (κ1) is 76.5. The van der Waals surface area contributed by atoms with Crippen LogP contribution in [-0.2, 0) is 28.6 Å². The van der Waals surface area contributed by atoms with Crippen LogP contribution in [0.15, 0.2) is 182 Å². The first-order chi connectivity index (χ1) is 40.5. The summed E-state index contributed by atoms with van der Waals surface area (Å²) >= 11 is 0. The second-order valence-corrected chi connectivity index (χ2v) is 20.9. The van der Waals surface area contributed by atoms with E-state index in [0.717, 1.165) is 154 Å². The second-order valence-electron chi connectivity index (χ2n) is 20.9. The quantitative estimate of drug-likeness (QED) is 0.0261. The smallest absolute Gasteiger partial charge is 0.306 e. The van der Waals surface area contributed by atoms with Crippen LogP contribution in [0.2, 0.25) is 0 Å². The average molecular weight is 1130 g/mol. The number of carbonyl (C=O) groups is 3. The van der Waals surface area contributed by atoms with E-state index in [4.69, 9.17) is 14.2 Å². The van der Waals surface area contributed by atoms with Gasteiger partial charge < -0.3 is 14.2 Å². The van der Waals surface area contributed by atoms with Gasteiger partial charge in [-0.2, -0.15) is 0 Å². The fourth-order valence-electron chi connectivity index (χ4n) is 8.32. The molecule has 0 spiro atoms. The zero-order chi connectivity index (χ0) is 59.2. The van der Waals surface area contributed by atoms with Gasteiger partial charge in [-0.1, -0.05) is 280 Å². The van der Waals surface area contributed by atoms with Gasteiger partial charge in [0.1, 0.15) is 13.2 Å². The lowest BCUT2D eigenvalue weighted by atomic mass is 10.0. The van der Waals surface area contributed by atoms with Crippen LogP contribution >= 0.6 is 0 Å². The molecule has 0 heterocycles. The van der Waals surface area contributed by atoms with Crippen LogP contribution in [-0.4, -0.2) is 37.2 Å². The summed E-state index contributed by atoms with van der Waals surface area (Å²) < 4.78 is 16.8. The molecule has 0 amide bonds. The van der Waals surface area contributed by atoms with Crippen molar-refractivity contribution >= 4 is 17.9 Å². The number of rotatable bonds is 57. The maximum atomic E-state index is 12.9. The van der Waals surface area contributed by atoms with Crippen LogP contribution in [0, 0.1) is 0 Å². The molecule has 0 N–H and O–H groups in total. The minimum atomic E-state index is -0.825. The molecule has 0 saturated heterocycles. The predicted molar refractivity (Wildman–Crippen MR) is 357 cm³/mol. The first-order valence-corrected chi connectivity index (χ1v) is 32.8. The number of hydrogen-bond donors (Lipinski definition) is 0. The van der Waals surface area contributed by atoms with Crippen LogP contribution in [0.5, 0.6) is 0 Å². The minimum Gasteiger partial charge on any atom is -0.462 e. The molecule has 0 saturated carbocycles. The molecule has 0 fully saturated rings. The molecular weight excluding hydrogens is 1010 g/mol. The Hall–Kier alpha value is -5.49. The average Bonchev–Trinajstić information content (AvgIpc) is 3.47. The Kier molecular flexibility index (Phi) is 63.5. The van der Waals surface area contributed by atoms with Crippen molar-refractivity contribution in [2.45, 2.75) is 264 Å². The summed E-state index contributed by atoms with van der Waals surface area (Å²) in [5.74, 6) is -0.998.